The third-order valence-corrected chi connectivity index (χ3v) is 3.26. The summed E-state index contributed by atoms with van der Waals surface area (Å²) in [7, 11) is 0. The molecule has 1 aliphatic carbocycles. The number of aliphatic carboxylic acids is 1. The summed E-state index contributed by atoms with van der Waals surface area (Å²) in [5.74, 6) is -2.30. The van der Waals surface area contributed by atoms with Crippen molar-refractivity contribution in [1.29, 1.82) is 0 Å². The number of hydrogen-bond donors (Lipinski definition) is 3. The Kier molecular flexibility index (Phi) is 2.94. The zero-order valence-corrected chi connectivity index (χ0v) is 8.71. The molecule has 1 aromatic rings. The predicted molar refractivity (Wildman–Crippen MR) is 56.8 cm³/mol. The van der Waals surface area contributed by atoms with Crippen molar-refractivity contribution in [2.75, 3.05) is 6.61 Å². The van der Waals surface area contributed by atoms with Crippen LogP contribution < -0.4 is 0 Å². The zero-order valence-electron chi connectivity index (χ0n) is 8.71. The summed E-state index contributed by atoms with van der Waals surface area (Å²) in [4.78, 5) is 11.1. The van der Waals surface area contributed by atoms with E-state index in [0.717, 1.165) is 11.1 Å². The van der Waals surface area contributed by atoms with Crippen LogP contribution in [0.15, 0.2) is 24.3 Å². The third kappa shape index (κ3) is 1.70. The van der Waals surface area contributed by atoms with Crippen LogP contribution in [-0.4, -0.2) is 27.9 Å². The van der Waals surface area contributed by atoms with Crippen LogP contribution >= 0.6 is 0 Å². The van der Waals surface area contributed by atoms with Crippen molar-refractivity contribution in [3.05, 3.63) is 35.4 Å². The van der Waals surface area contributed by atoms with E-state index in [-0.39, 0.29) is 6.61 Å². The van der Waals surface area contributed by atoms with Crippen molar-refractivity contribution in [2.24, 2.45) is 11.8 Å². The van der Waals surface area contributed by atoms with Gasteiger partial charge in [0.25, 0.3) is 0 Å². The standard InChI is InChI=1S/C12H14O4/c13-6-10-9(12(15)16)5-7-3-1-2-4-8(7)11(10)14/h1-4,9-11,13-14H,5-6H2,(H,15,16)/t9-,10-,11+/m0/s1. The Hall–Kier alpha value is -1.39. The Morgan fingerprint density at radius 1 is 1.38 bits per heavy atom. The van der Waals surface area contributed by atoms with E-state index in [4.69, 9.17) is 5.11 Å². The van der Waals surface area contributed by atoms with Gasteiger partial charge in [-0.2, -0.15) is 0 Å². The van der Waals surface area contributed by atoms with E-state index in [1.54, 1.807) is 12.1 Å². The summed E-state index contributed by atoms with van der Waals surface area (Å²) >= 11 is 0. The molecule has 0 bridgehead atoms. The van der Waals surface area contributed by atoms with Crippen LogP contribution in [0.5, 0.6) is 0 Å². The number of carboxylic acid groups (broad SMARTS) is 1. The smallest absolute Gasteiger partial charge is 0.307 e. The Labute approximate surface area is 93.2 Å². The van der Waals surface area contributed by atoms with Gasteiger partial charge >= 0.3 is 5.97 Å². The summed E-state index contributed by atoms with van der Waals surface area (Å²) in [6.07, 6.45) is -0.524. The van der Waals surface area contributed by atoms with Crippen LogP contribution in [0.25, 0.3) is 0 Å². The predicted octanol–water partition coefficient (Wildman–Crippen LogP) is 0.585. The topological polar surface area (TPSA) is 77.8 Å². The van der Waals surface area contributed by atoms with E-state index in [9.17, 15) is 15.0 Å². The average Bonchev–Trinajstić information content (AvgIpc) is 2.29. The van der Waals surface area contributed by atoms with Crippen LogP contribution in [0.4, 0.5) is 0 Å². The van der Waals surface area contributed by atoms with Crippen molar-refractivity contribution >= 4 is 5.97 Å². The molecule has 0 radical (unpaired) electrons. The molecule has 1 aromatic carbocycles. The molecule has 0 saturated carbocycles. The van der Waals surface area contributed by atoms with Crippen LogP contribution in [0.1, 0.15) is 17.2 Å². The van der Waals surface area contributed by atoms with Gasteiger partial charge in [0.05, 0.1) is 12.0 Å². The normalized spacial score (nSPS) is 28.5. The number of carboxylic acids is 1. The molecule has 0 aromatic heterocycles. The van der Waals surface area contributed by atoms with E-state index < -0.39 is 23.9 Å². The lowest BCUT2D eigenvalue weighted by Gasteiger charge is -2.33. The first-order valence-corrected chi connectivity index (χ1v) is 5.24. The van der Waals surface area contributed by atoms with Crippen LogP contribution in [0.3, 0.4) is 0 Å². The summed E-state index contributed by atoms with van der Waals surface area (Å²) in [5, 5.41) is 28.3. The highest BCUT2D eigenvalue weighted by Crippen LogP contribution is 2.37. The quantitative estimate of drug-likeness (QED) is 0.684. The minimum absolute atomic E-state index is 0.313. The molecule has 0 fully saturated rings. The summed E-state index contributed by atoms with van der Waals surface area (Å²) < 4.78 is 0. The van der Waals surface area contributed by atoms with Gasteiger partial charge < -0.3 is 15.3 Å². The molecule has 4 heteroatoms. The molecular formula is C12H14O4. The molecule has 1 aliphatic rings. The number of benzene rings is 1. The van der Waals surface area contributed by atoms with Gasteiger partial charge in [0.15, 0.2) is 0 Å². The maximum absolute atomic E-state index is 11.1. The number of rotatable bonds is 2. The van der Waals surface area contributed by atoms with Crippen molar-refractivity contribution in [2.45, 2.75) is 12.5 Å². The lowest BCUT2D eigenvalue weighted by molar-refractivity contribution is -0.147. The highest BCUT2D eigenvalue weighted by molar-refractivity contribution is 5.71. The second kappa shape index (κ2) is 4.23. The number of fused-ring (bicyclic) bond motifs is 1. The number of hydrogen-bond acceptors (Lipinski definition) is 3. The first kappa shape index (κ1) is 11.1. The average molecular weight is 222 g/mol. The Morgan fingerprint density at radius 3 is 2.69 bits per heavy atom. The highest BCUT2D eigenvalue weighted by atomic mass is 16.4. The van der Waals surface area contributed by atoms with Crippen molar-refractivity contribution in [1.82, 2.24) is 0 Å². The van der Waals surface area contributed by atoms with Gasteiger partial charge in [0, 0.05) is 12.5 Å². The molecule has 0 heterocycles. The molecule has 0 spiro atoms. The third-order valence-electron chi connectivity index (χ3n) is 3.26. The fourth-order valence-corrected chi connectivity index (χ4v) is 2.35. The second-order valence-electron chi connectivity index (χ2n) is 4.14. The van der Waals surface area contributed by atoms with Crippen molar-refractivity contribution < 1.29 is 20.1 Å². The zero-order chi connectivity index (χ0) is 11.7. The van der Waals surface area contributed by atoms with Gasteiger partial charge in [0.1, 0.15) is 0 Å². The van der Waals surface area contributed by atoms with Gasteiger partial charge in [0.2, 0.25) is 0 Å². The van der Waals surface area contributed by atoms with E-state index in [1.165, 1.54) is 0 Å². The van der Waals surface area contributed by atoms with Gasteiger partial charge in [-0.05, 0) is 17.5 Å². The fourth-order valence-electron chi connectivity index (χ4n) is 2.35. The van der Waals surface area contributed by atoms with E-state index >= 15 is 0 Å². The summed E-state index contributed by atoms with van der Waals surface area (Å²) in [6, 6.07) is 7.23. The van der Waals surface area contributed by atoms with Crippen LogP contribution in [0, 0.1) is 11.8 Å². The van der Waals surface area contributed by atoms with E-state index in [1.807, 2.05) is 12.1 Å². The number of aliphatic hydroxyl groups is 2. The minimum atomic E-state index is -0.965. The van der Waals surface area contributed by atoms with Crippen LogP contribution in [0.2, 0.25) is 0 Å². The maximum atomic E-state index is 11.1. The SMILES string of the molecule is O=C(O)[C@H]1Cc2ccccc2[C@@H](O)[C@H]1CO. The van der Waals surface area contributed by atoms with Crippen LogP contribution in [-0.2, 0) is 11.2 Å². The molecular weight excluding hydrogens is 208 g/mol. The fraction of sp³-hybridized carbons (Fsp3) is 0.417. The maximum Gasteiger partial charge on any atom is 0.307 e. The molecule has 0 amide bonds. The lowest BCUT2D eigenvalue weighted by atomic mass is 9.74. The first-order chi connectivity index (χ1) is 7.65. The number of carbonyl (C=O) groups is 1. The molecule has 86 valence electrons. The molecule has 0 aliphatic heterocycles. The lowest BCUT2D eigenvalue weighted by Crippen LogP contribution is -2.36. The Bertz CT molecular complexity index is 402. The highest BCUT2D eigenvalue weighted by Gasteiger charge is 2.38. The monoisotopic (exact) mass is 222 g/mol. The largest absolute Gasteiger partial charge is 0.481 e. The van der Waals surface area contributed by atoms with Gasteiger partial charge in [-0.25, -0.2) is 0 Å². The van der Waals surface area contributed by atoms with Crippen molar-refractivity contribution in [3.8, 4) is 0 Å². The van der Waals surface area contributed by atoms with Crippen molar-refractivity contribution in [3.63, 3.8) is 0 Å². The summed E-state index contributed by atoms with van der Waals surface area (Å²) in [6.45, 7) is -0.313. The number of aliphatic hydroxyl groups excluding tert-OH is 2. The molecule has 3 atom stereocenters. The molecule has 16 heavy (non-hydrogen) atoms. The molecule has 3 N–H and O–H groups in total. The van der Waals surface area contributed by atoms with Gasteiger partial charge in [-0.15, -0.1) is 0 Å². The van der Waals surface area contributed by atoms with Gasteiger partial charge in [-0.1, -0.05) is 24.3 Å². The molecule has 0 unspecified atom stereocenters. The van der Waals surface area contributed by atoms with E-state index in [2.05, 4.69) is 0 Å². The minimum Gasteiger partial charge on any atom is -0.481 e. The summed E-state index contributed by atoms with van der Waals surface area (Å²) in [5.41, 5.74) is 1.59. The van der Waals surface area contributed by atoms with E-state index in [0.29, 0.717) is 6.42 Å². The second-order valence-corrected chi connectivity index (χ2v) is 4.14. The van der Waals surface area contributed by atoms with Gasteiger partial charge in [-0.3, -0.25) is 4.79 Å². The first-order valence-electron chi connectivity index (χ1n) is 5.24. The molecule has 4 nitrogen and oxygen atoms in total. The molecule has 0 saturated heterocycles. The molecule has 2 rings (SSSR count). The Morgan fingerprint density at radius 2 is 2.06 bits per heavy atom. The Balaban J connectivity index is 2.41.